The molecule has 0 amide bonds. The molecule has 0 aromatic heterocycles. The van der Waals surface area contributed by atoms with Gasteiger partial charge >= 0.3 is 11.9 Å². The lowest BCUT2D eigenvalue weighted by atomic mass is 10.2. The first-order valence-corrected chi connectivity index (χ1v) is 6.72. The molecule has 1 aliphatic rings. The van der Waals surface area contributed by atoms with Crippen LogP contribution in [0.1, 0.15) is 19.8 Å². The standard InChI is InChI=1S/C14H22N2O5/c1-10(16-7-5-6-11(16)9-19-2)15-12(14(18)21-4)8-13(17)20-3/h8,11H,5-7,9H2,1-4H3/b12-8+,15-10?/t11-/m0/s1. The molecule has 1 heterocycles. The Morgan fingerprint density at radius 1 is 1.29 bits per heavy atom. The van der Waals surface area contributed by atoms with Crippen LogP contribution in [0.3, 0.4) is 0 Å². The number of carbonyl (C=O) groups excluding carboxylic acids is 2. The van der Waals surface area contributed by atoms with E-state index in [4.69, 9.17) is 4.74 Å². The van der Waals surface area contributed by atoms with Crippen molar-refractivity contribution in [1.29, 1.82) is 0 Å². The van der Waals surface area contributed by atoms with E-state index >= 15 is 0 Å². The Kier molecular flexibility index (Phi) is 6.87. The van der Waals surface area contributed by atoms with E-state index in [1.54, 1.807) is 14.0 Å². The van der Waals surface area contributed by atoms with Gasteiger partial charge < -0.3 is 19.1 Å². The van der Waals surface area contributed by atoms with Gasteiger partial charge in [-0.15, -0.1) is 0 Å². The summed E-state index contributed by atoms with van der Waals surface area (Å²) in [6, 6.07) is 0.232. The minimum absolute atomic E-state index is 0.0788. The molecule has 0 N–H and O–H groups in total. The van der Waals surface area contributed by atoms with Gasteiger partial charge in [0.15, 0.2) is 5.70 Å². The average molecular weight is 298 g/mol. The van der Waals surface area contributed by atoms with Crippen molar-refractivity contribution in [3.63, 3.8) is 0 Å². The quantitative estimate of drug-likeness (QED) is 0.322. The van der Waals surface area contributed by atoms with Crippen molar-refractivity contribution in [2.75, 3.05) is 34.5 Å². The first kappa shape index (κ1) is 17.2. The van der Waals surface area contributed by atoms with Gasteiger partial charge in [-0.25, -0.2) is 14.6 Å². The normalized spacial score (nSPS) is 19.6. The average Bonchev–Trinajstić information content (AvgIpc) is 2.94. The van der Waals surface area contributed by atoms with Crippen LogP contribution in [0, 0.1) is 0 Å². The number of esters is 2. The summed E-state index contributed by atoms with van der Waals surface area (Å²) in [4.78, 5) is 29.3. The highest BCUT2D eigenvalue weighted by atomic mass is 16.5. The highest BCUT2D eigenvalue weighted by Gasteiger charge is 2.26. The number of likely N-dealkylation sites (tertiary alicyclic amines) is 1. The van der Waals surface area contributed by atoms with Gasteiger partial charge in [-0.05, 0) is 19.8 Å². The third kappa shape index (κ3) is 4.86. The molecule has 1 fully saturated rings. The molecule has 1 rings (SSSR count). The van der Waals surface area contributed by atoms with Gasteiger partial charge in [0, 0.05) is 13.7 Å². The third-order valence-electron chi connectivity index (χ3n) is 3.28. The lowest BCUT2D eigenvalue weighted by Crippen LogP contribution is -2.37. The molecule has 1 saturated heterocycles. The van der Waals surface area contributed by atoms with E-state index in [0.717, 1.165) is 25.5 Å². The molecule has 0 radical (unpaired) electrons. The number of amidine groups is 1. The van der Waals surface area contributed by atoms with E-state index in [9.17, 15) is 9.59 Å². The van der Waals surface area contributed by atoms with Gasteiger partial charge in [0.25, 0.3) is 0 Å². The summed E-state index contributed by atoms with van der Waals surface area (Å²) in [5.74, 6) is -0.681. The summed E-state index contributed by atoms with van der Waals surface area (Å²) < 4.78 is 14.3. The molecule has 0 bridgehead atoms. The van der Waals surface area contributed by atoms with E-state index in [1.807, 2.05) is 0 Å². The van der Waals surface area contributed by atoms with Crippen molar-refractivity contribution in [3.8, 4) is 0 Å². The van der Waals surface area contributed by atoms with Crippen molar-refractivity contribution in [2.24, 2.45) is 4.99 Å². The minimum Gasteiger partial charge on any atom is -0.466 e. The maximum atomic E-state index is 11.7. The molecule has 0 aliphatic carbocycles. The molecule has 7 heteroatoms. The Balaban J connectivity index is 2.95. The van der Waals surface area contributed by atoms with Crippen LogP contribution in [0.4, 0.5) is 0 Å². The van der Waals surface area contributed by atoms with Crippen LogP contribution >= 0.6 is 0 Å². The number of hydrogen-bond donors (Lipinski definition) is 0. The molecule has 1 aliphatic heterocycles. The van der Waals surface area contributed by atoms with Gasteiger partial charge in [0.1, 0.15) is 5.84 Å². The molecule has 118 valence electrons. The number of hydrogen-bond acceptors (Lipinski definition) is 6. The maximum absolute atomic E-state index is 11.7. The van der Waals surface area contributed by atoms with E-state index in [2.05, 4.69) is 19.4 Å². The summed E-state index contributed by atoms with van der Waals surface area (Å²) >= 11 is 0. The minimum atomic E-state index is -0.678. The van der Waals surface area contributed by atoms with Crippen molar-refractivity contribution in [2.45, 2.75) is 25.8 Å². The van der Waals surface area contributed by atoms with Crippen molar-refractivity contribution in [1.82, 2.24) is 4.90 Å². The second-order valence-corrected chi connectivity index (χ2v) is 4.65. The number of rotatable bonds is 5. The first-order chi connectivity index (χ1) is 10.0. The molecule has 0 aromatic carbocycles. The molecule has 7 nitrogen and oxygen atoms in total. The first-order valence-electron chi connectivity index (χ1n) is 6.72. The maximum Gasteiger partial charge on any atom is 0.356 e. The SMILES string of the molecule is COC[C@@H]1CCCN1C(C)=N/C(=C/C(=O)OC)C(=O)OC. The Bertz CT molecular complexity index is 445. The number of ether oxygens (including phenoxy) is 3. The molecule has 0 aromatic rings. The predicted molar refractivity (Wildman–Crippen MR) is 76.8 cm³/mol. The Morgan fingerprint density at radius 2 is 2.00 bits per heavy atom. The molecule has 1 atom stereocenters. The molecular weight excluding hydrogens is 276 g/mol. The summed E-state index contributed by atoms with van der Waals surface area (Å²) in [5.41, 5.74) is -0.0788. The number of aliphatic imine (C=N–C) groups is 1. The zero-order chi connectivity index (χ0) is 15.8. The molecule has 21 heavy (non-hydrogen) atoms. The van der Waals surface area contributed by atoms with Gasteiger partial charge in [-0.3, -0.25) is 0 Å². The monoisotopic (exact) mass is 298 g/mol. The molecular formula is C14H22N2O5. The van der Waals surface area contributed by atoms with Gasteiger partial charge in [-0.2, -0.15) is 0 Å². The van der Waals surface area contributed by atoms with Crippen LogP contribution in [0.25, 0.3) is 0 Å². The van der Waals surface area contributed by atoms with E-state index in [-0.39, 0.29) is 11.7 Å². The zero-order valence-electron chi connectivity index (χ0n) is 12.9. The van der Waals surface area contributed by atoms with Crippen LogP contribution in [-0.2, 0) is 23.8 Å². The van der Waals surface area contributed by atoms with Crippen molar-refractivity contribution in [3.05, 3.63) is 11.8 Å². The van der Waals surface area contributed by atoms with Gasteiger partial charge in [0.05, 0.1) is 32.9 Å². The Labute approximate surface area is 124 Å². The smallest absolute Gasteiger partial charge is 0.356 e. The van der Waals surface area contributed by atoms with Crippen molar-refractivity contribution >= 4 is 17.8 Å². The highest BCUT2D eigenvalue weighted by molar-refractivity contribution is 5.98. The Hall–Kier alpha value is -1.89. The lowest BCUT2D eigenvalue weighted by molar-refractivity contribution is -0.138. The second-order valence-electron chi connectivity index (χ2n) is 4.65. The fraction of sp³-hybridized carbons (Fsp3) is 0.643. The summed E-state index contributed by atoms with van der Waals surface area (Å²) in [6.07, 6.45) is 3.07. The topological polar surface area (TPSA) is 77.4 Å². The molecule has 0 unspecified atom stereocenters. The van der Waals surface area contributed by atoms with Crippen LogP contribution in [0.15, 0.2) is 16.8 Å². The van der Waals surface area contributed by atoms with Crippen LogP contribution in [-0.4, -0.2) is 63.2 Å². The Morgan fingerprint density at radius 3 is 2.57 bits per heavy atom. The molecule has 0 saturated carbocycles. The number of methoxy groups -OCH3 is 3. The largest absolute Gasteiger partial charge is 0.466 e. The zero-order valence-corrected chi connectivity index (χ0v) is 12.9. The van der Waals surface area contributed by atoms with E-state index in [0.29, 0.717) is 12.4 Å². The number of nitrogens with zero attached hydrogens (tertiary/aromatic N) is 2. The van der Waals surface area contributed by atoms with Gasteiger partial charge in [0.2, 0.25) is 0 Å². The van der Waals surface area contributed by atoms with Gasteiger partial charge in [-0.1, -0.05) is 0 Å². The fourth-order valence-electron chi connectivity index (χ4n) is 2.28. The van der Waals surface area contributed by atoms with Crippen LogP contribution < -0.4 is 0 Å². The fourth-order valence-corrected chi connectivity index (χ4v) is 2.28. The van der Waals surface area contributed by atoms with E-state index in [1.165, 1.54) is 14.2 Å². The number of carbonyl (C=O) groups is 2. The van der Waals surface area contributed by atoms with Crippen LogP contribution in [0.2, 0.25) is 0 Å². The highest BCUT2D eigenvalue weighted by Crippen LogP contribution is 2.19. The summed E-state index contributed by atoms with van der Waals surface area (Å²) in [5, 5.41) is 0. The van der Waals surface area contributed by atoms with Crippen LogP contribution in [0.5, 0.6) is 0 Å². The third-order valence-corrected chi connectivity index (χ3v) is 3.28. The summed E-state index contributed by atoms with van der Waals surface area (Å²) in [6.45, 7) is 3.24. The van der Waals surface area contributed by atoms with Crippen molar-refractivity contribution < 1.29 is 23.8 Å². The summed E-state index contributed by atoms with van der Waals surface area (Å²) in [7, 11) is 4.13. The van der Waals surface area contributed by atoms with E-state index < -0.39 is 11.9 Å². The predicted octanol–water partition coefficient (Wildman–Crippen LogP) is 0.746. The molecule has 0 spiro atoms. The second kappa shape index (κ2) is 8.41. The lowest BCUT2D eigenvalue weighted by Gasteiger charge is -2.25.